The molecule has 0 amide bonds. The van der Waals surface area contributed by atoms with Gasteiger partial charge in [-0.1, -0.05) is 18.2 Å². The Morgan fingerprint density at radius 2 is 2.03 bits per heavy atom. The fraction of sp³-hybridized carbons (Fsp3) is 0.217. The van der Waals surface area contributed by atoms with Crippen LogP contribution in [0.2, 0.25) is 0 Å². The largest absolute Gasteiger partial charge is 0.497 e. The number of aromatic amines is 1. The highest BCUT2D eigenvalue weighted by Gasteiger charge is 2.33. The maximum atomic E-state index is 12.3. The SMILES string of the molecule is COc1ccc(-c2nc3c(s2)CN([C@@H](C(=O)O)c2c[nH]c4ccccc24)CC3)cc1. The summed E-state index contributed by atoms with van der Waals surface area (Å²) in [6.07, 6.45) is 2.57. The highest BCUT2D eigenvalue weighted by atomic mass is 32.1. The number of methoxy groups -OCH3 is 1. The first-order valence-corrected chi connectivity index (χ1v) is 10.6. The van der Waals surface area contributed by atoms with E-state index in [9.17, 15) is 9.90 Å². The van der Waals surface area contributed by atoms with Crippen LogP contribution in [0.3, 0.4) is 0 Å². The standard InChI is InChI=1S/C23H21N3O3S/c1-29-15-8-6-14(7-9-15)22-25-19-10-11-26(13-20(19)30-22)21(23(27)28)17-12-24-18-5-3-2-4-16(17)18/h2-9,12,21,24H,10-11,13H2,1H3,(H,27,28)/t21-/m1/s1. The van der Waals surface area contributed by atoms with E-state index >= 15 is 0 Å². The number of hydrogen-bond acceptors (Lipinski definition) is 5. The summed E-state index contributed by atoms with van der Waals surface area (Å²) in [4.78, 5) is 23.5. The second-order valence-electron chi connectivity index (χ2n) is 7.37. The van der Waals surface area contributed by atoms with Gasteiger partial charge in [0.25, 0.3) is 0 Å². The minimum absolute atomic E-state index is 0.583. The number of rotatable bonds is 5. The molecule has 1 atom stereocenters. The first-order valence-electron chi connectivity index (χ1n) is 9.80. The lowest BCUT2D eigenvalue weighted by Crippen LogP contribution is -2.37. The summed E-state index contributed by atoms with van der Waals surface area (Å²) in [5.41, 5.74) is 3.88. The lowest BCUT2D eigenvalue weighted by Gasteiger charge is -2.31. The van der Waals surface area contributed by atoms with E-state index in [2.05, 4.69) is 4.98 Å². The summed E-state index contributed by atoms with van der Waals surface area (Å²) in [5.74, 6) is -0.0163. The number of carboxylic acids is 1. The van der Waals surface area contributed by atoms with Crippen LogP contribution in [0, 0.1) is 0 Å². The second-order valence-corrected chi connectivity index (χ2v) is 8.45. The third-order valence-electron chi connectivity index (χ3n) is 5.61. The highest BCUT2D eigenvalue weighted by Crippen LogP contribution is 2.36. The molecular formula is C23H21N3O3S. The van der Waals surface area contributed by atoms with Crippen molar-refractivity contribution in [1.29, 1.82) is 0 Å². The Labute approximate surface area is 177 Å². The van der Waals surface area contributed by atoms with Crippen molar-refractivity contribution in [3.63, 3.8) is 0 Å². The van der Waals surface area contributed by atoms with Crippen LogP contribution in [-0.2, 0) is 17.8 Å². The molecule has 1 aliphatic heterocycles. The Balaban J connectivity index is 1.45. The quantitative estimate of drug-likeness (QED) is 0.499. The van der Waals surface area contributed by atoms with Gasteiger partial charge in [0.1, 0.15) is 16.8 Å². The molecule has 6 nitrogen and oxygen atoms in total. The van der Waals surface area contributed by atoms with Gasteiger partial charge in [0.2, 0.25) is 0 Å². The number of ether oxygens (including phenoxy) is 1. The minimum Gasteiger partial charge on any atom is -0.497 e. The fourth-order valence-corrected chi connectivity index (χ4v) is 5.24. The smallest absolute Gasteiger partial charge is 0.325 e. The molecule has 2 N–H and O–H groups in total. The van der Waals surface area contributed by atoms with Crippen molar-refractivity contribution in [2.45, 2.75) is 19.0 Å². The molecule has 2 aromatic carbocycles. The van der Waals surface area contributed by atoms with E-state index in [1.165, 1.54) is 0 Å². The Bertz CT molecular complexity index is 1210. The number of nitrogens with one attached hydrogen (secondary N) is 1. The molecule has 1 aliphatic rings. The van der Waals surface area contributed by atoms with Gasteiger partial charge in [-0.15, -0.1) is 11.3 Å². The Morgan fingerprint density at radius 3 is 2.80 bits per heavy atom. The molecule has 0 bridgehead atoms. The number of aliphatic carboxylic acids is 1. The van der Waals surface area contributed by atoms with Crippen molar-refractivity contribution in [2.24, 2.45) is 0 Å². The molecule has 0 unspecified atom stereocenters. The monoisotopic (exact) mass is 419 g/mol. The first kappa shape index (κ1) is 18.8. The number of nitrogens with zero attached hydrogens (tertiary/aromatic N) is 2. The van der Waals surface area contributed by atoms with Crippen LogP contribution in [0.25, 0.3) is 21.5 Å². The number of carbonyl (C=O) groups is 1. The molecule has 3 heterocycles. The van der Waals surface area contributed by atoms with Crippen LogP contribution in [-0.4, -0.2) is 39.6 Å². The summed E-state index contributed by atoms with van der Waals surface area (Å²) in [6, 6.07) is 15.0. The fourth-order valence-electron chi connectivity index (χ4n) is 4.10. The number of para-hydroxylation sites is 1. The van der Waals surface area contributed by atoms with Gasteiger partial charge >= 0.3 is 5.97 Å². The molecule has 0 aliphatic carbocycles. The van der Waals surface area contributed by atoms with E-state index < -0.39 is 12.0 Å². The van der Waals surface area contributed by atoms with Crippen LogP contribution in [0.1, 0.15) is 22.2 Å². The Hall–Kier alpha value is -3.16. The number of H-pyrrole nitrogens is 1. The normalized spacial score (nSPS) is 15.1. The van der Waals surface area contributed by atoms with E-state index in [1.54, 1.807) is 18.4 Å². The van der Waals surface area contributed by atoms with Crippen molar-refractivity contribution >= 4 is 28.2 Å². The molecule has 7 heteroatoms. The third kappa shape index (κ3) is 3.26. The summed E-state index contributed by atoms with van der Waals surface area (Å²) in [5, 5.41) is 12.0. The van der Waals surface area contributed by atoms with E-state index in [0.717, 1.165) is 49.8 Å². The molecule has 0 spiro atoms. The van der Waals surface area contributed by atoms with Crippen LogP contribution in [0.4, 0.5) is 0 Å². The molecule has 4 aromatic rings. The van der Waals surface area contributed by atoms with Crippen molar-refractivity contribution < 1.29 is 14.6 Å². The predicted molar refractivity (Wildman–Crippen MR) is 117 cm³/mol. The zero-order valence-electron chi connectivity index (χ0n) is 16.5. The molecule has 152 valence electrons. The summed E-state index contributed by atoms with van der Waals surface area (Å²) >= 11 is 1.64. The van der Waals surface area contributed by atoms with Gasteiger partial charge in [-0.2, -0.15) is 0 Å². The average molecular weight is 420 g/mol. The number of fused-ring (bicyclic) bond motifs is 2. The van der Waals surface area contributed by atoms with Gasteiger partial charge in [-0.3, -0.25) is 9.69 Å². The highest BCUT2D eigenvalue weighted by molar-refractivity contribution is 7.15. The Morgan fingerprint density at radius 1 is 1.23 bits per heavy atom. The third-order valence-corrected chi connectivity index (χ3v) is 6.74. The lowest BCUT2D eigenvalue weighted by molar-refractivity contribution is -0.144. The number of hydrogen-bond donors (Lipinski definition) is 2. The van der Waals surface area contributed by atoms with E-state index in [0.29, 0.717) is 13.1 Å². The van der Waals surface area contributed by atoms with Crippen molar-refractivity contribution in [3.8, 4) is 16.3 Å². The van der Waals surface area contributed by atoms with Gasteiger partial charge in [-0.25, -0.2) is 4.98 Å². The summed E-state index contributed by atoms with van der Waals surface area (Å²) in [7, 11) is 1.65. The van der Waals surface area contributed by atoms with Crippen LogP contribution >= 0.6 is 11.3 Å². The predicted octanol–water partition coefficient (Wildman–Crippen LogP) is 4.48. The van der Waals surface area contributed by atoms with E-state index in [4.69, 9.17) is 9.72 Å². The molecule has 0 radical (unpaired) electrons. The summed E-state index contributed by atoms with van der Waals surface area (Å²) < 4.78 is 5.23. The zero-order valence-corrected chi connectivity index (χ0v) is 17.3. The molecule has 0 saturated heterocycles. The minimum atomic E-state index is -0.830. The van der Waals surface area contributed by atoms with Gasteiger partial charge in [0.15, 0.2) is 0 Å². The molecule has 0 saturated carbocycles. The van der Waals surface area contributed by atoms with Crippen molar-refractivity contribution in [3.05, 3.63) is 70.9 Å². The summed E-state index contributed by atoms with van der Waals surface area (Å²) in [6.45, 7) is 1.24. The number of benzene rings is 2. The molecule has 2 aromatic heterocycles. The van der Waals surface area contributed by atoms with Crippen LogP contribution < -0.4 is 4.74 Å². The van der Waals surface area contributed by atoms with Gasteiger partial charge < -0.3 is 14.8 Å². The molecule has 5 rings (SSSR count). The van der Waals surface area contributed by atoms with Crippen LogP contribution in [0.5, 0.6) is 5.75 Å². The first-order chi connectivity index (χ1) is 14.6. The Kier molecular flexibility index (Phi) is 4.77. The van der Waals surface area contributed by atoms with E-state index in [-0.39, 0.29) is 0 Å². The average Bonchev–Trinajstić information content (AvgIpc) is 3.38. The zero-order chi connectivity index (χ0) is 20.7. The van der Waals surface area contributed by atoms with Gasteiger partial charge in [0, 0.05) is 52.6 Å². The number of aromatic nitrogens is 2. The topological polar surface area (TPSA) is 78.4 Å². The second kappa shape index (κ2) is 7.59. The number of thiazole rings is 1. The number of carboxylic acid groups (broad SMARTS) is 1. The molecule has 0 fully saturated rings. The van der Waals surface area contributed by atoms with Gasteiger partial charge in [0.05, 0.1) is 12.8 Å². The molecule has 30 heavy (non-hydrogen) atoms. The maximum absolute atomic E-state index is 12.3. The van der Waals surface area contributed by atoms with Gasteiger partial charge in [-0.05, 0) is 30.3 Å². The van der Waals surface area contributed by atoms with E-state index in [1.807, 2.05) is 59.6 Å². The molecular weight excluding hydrogens is 398 g/mol. The van der Waals surface area contributed by atoms with Crippen LogP contribution in [0.15, 0.2) is 54.7 Å². The lowest BCUT2D eigenvalue weighted by atomic mass is 10.0. The maximum Gasteiger partial charge on any atom is 0.325 e. The van der Waals surface area contributed by atoms with Crippen molar-refractivity contribution in [1.82, 2.24) is 14.9 Å². The van der Waals surface area contributed by atoms with Crippen molar-refractivity contribution in [2.75, 3.05) is 13.7 Å².